The fraction of sp³-hybridized carbons (Fsp3) is 0.429. The van der Waals surface area contributed by atoms with Crippen LogP contribution < -0.4 is 9.80 Å². The summed E-state index contributed by atoms with van der Waals surface area (Å²) in [4.78, 5) is 23.4. The Kier molecular flexibility index (Phi) is 4.31. The Labute approximate surface area is 164 Å². The van der Waals surface area contributed by atoms with Crippen molar-refractivity contribution in [3.8, 4) is 0 Å². The van der Waals surface area contributed by atoms with Crippen LogP contribution in [0.15, 0.2) is 36.7 Å². The highest BCUT2D eigenvalue weighted by Gasteiger charge is 2.34. The third-order valence-electron chi connectivity index (χ3n) is 5.76. The maximum atomic E-state index is 5.59. The number of hydrogen-bond acceptors (Lipinski definition) is 7. The molecule has 0 bridgehead atoms. The third-order valence-corrected chi connectivity index (χ3v) is 5.76. The molecule has 5 heterocycles. The first kappa shape index (κ1) is 17.3. The molecule has 7 heteroatoms. The second kappa shape index (κ2) is 6.98. The molecular weight excluding hydrogens is 352 g/mol. The zero-order valence-corrected chi connectivity index (χ0v) is 16.2. The molecular formula is C21H24N6O. The lowest BCUT2D eigenvalue weighted by atomic mass is 9.93. The van der Waals surface area contributed by atoms with Gasteiger partial charge in [0.25, 0.3) is 0 Å². The van der Waals surface area contributed by atoms with E-state index < -0.39 is 0 Å². The van der Waals surface area contributed by atoms with Crippen LogP contribution >= 0.6 is 0 Å². The minimum Gasteiger partial charge on any atom is -0.377 e. The average Bonchev–Trinajstić information content (AvgIpc) is 2.69. The Morgan fingerprint density at radius 2 is 1.89 bits per heavy atom. The summed E-state index contributed by atoms with van der Waals surface area (Å²) in [7, 11) is 0. The highest BCUT2D eigenvalue weighted by Crippen LogP contribution is 2.40. The molecule has 7 nitrogen and oxygen atoms in total. The minimum absolute atomic E-state index is 0.246. The molecule has 0 N–H and O–H groups in total. The topological polar surface area (TPSA) is 67.3 Å². The van der Waals surface area contributed by atoms with Gasteiger partial charge in [-0.15, -0.1) is 0 Å². The summed E-state index contributed by atoms with van der Waals surface area (Å²) in [6, 6.07) is 8.74. The molecule has 2 aliphatic rings. The monoisotopic (exact) mass is 376 g/mol. The molecule has 5 rings (SSSR count). The minimum atomic E-state index is 0.246. The fourth-order valence-corrected chi connectivity index (χ4v) is 4.12. The number of ether oxygens (including phenoxy) is 1. The van der Waals surface area contributed by atoms with Crippen LogP contribution in [0.2, 0.25) is 0 Å². The summed E-state index contributed by atoms with van der Waals surface area (Å²) >= 11 is 0. The highest BCUT2D eigenvalue weighted by atomic mass is 16.5. The second-order valence-corrected chi connectivity index (χ2v) is 7.52. The van der Waals surface area contributed by atoms with Crippen LogP contribution in [0.1, 0.15) is 30.6 Å². The van der Waals surface area contributed by atoms with Gasteiger partial charge in [0, 0.05) is 31.2 Å². The van der Waals surface area contributed by atoms with Crippen LogP contribution in [0, 0.1) is 6.92 Å². The molecule has 2 aliphatic heterocycles. The first-order valence-electron chi connectivity index (χ1n) is 9.87. The van der Waals surface area contributed by atoms with Gasteiger partial charge in [0.1, 0.15) is 5.82 Å². The second-order valence-electron chi connectivity index (χ2n) is 7.52. The maximum absolute atomic E-state index is 5.59. The average molecular weight is 376 g/mol. The fourth-order valence-electron chi connectivity index (χ4n) is 4.12. The van der Waals surface area contributed by atoms with Gasteiger partial charge in [0.2, 0.25) is 5.95 Å². The van der Waals surface area contributed by atoms with Gasteiger partial charge in [0.05, 0.1) is 30.7 Å². The van der Waals surface area contributed by atoms with E-state index in [-0.39, 0.29) is 6.04 Å². The van der Waals surface area contributed by atoms with E-state index >= 15 is 0 Å². The Morgan fingerprint density at radius 3 is 2.68 bits per heavy atom. The van der Waals surface area contributed by atoms with Gasteiger partial charge in [-0.1, -0.05) is 6.07 Å². The maximum Gasteiger partial charge on any atom is 0.229 e. The molecule has 2 saturated heterocycles. The van der Waals surface area contributed by atoms with Gasteiger partial charge in [-0.05, 0) is 44.0 Å². The number of morpholine rings is 1. The van der Waals surface area contributed by atoms with Gasteiger partial charge in [-0.25, -0.2) is 4.98 Å². The van der Waals surface area contributed by atoms with E-state index in [0.29, 0.717) is 19.3 Å². The first-order chi connectivity index (χ1) is 13.7. The van der Waals surface area contributed by atoms with Crippen LogP contribution in [-0.4, -0.2) is 52.3 Å². The summed E-state index contributed by atoms with van der Waals surface area (Å²) in [5.74, 6) is 1.71. The van der Waals surface area contributed by atoms with E-state index in [0.717, 1.165) is 48.0 Å². The van der Waals surface area contributed by atoms with Crippen molar-refractivity contribution in [1.29, 1.82) is 0 Å². The van der Waals surface area contributed by atoms with Crippen LogP contribution in [0.3, 0.4) is 0 Å². The lowest BCUT2D eigenvalue weighted by Gasteiger charge is -2.43. The lowest BCUT2D eigenvalue weighted by Crippen LogP contribution is -2.45. The van der Waals surface area contributed by atoms with Gasteiger partial charge in [-0.3, -0.25) is 4.98 Å². The molecule has 28 heavy (non-hydrogen) atoms. The molecule has 0 amide bonds. The lowest BCUT2D eigenvalue weighted by molar-refractivity contribution is 0.0981. The number of fused-ring (bicyclic) bond motifs is 1. The number of aromatic nitrogens is 4. The number of pyridine rings is 2. The summed E-state index contributed by atoms with van der Waals surface area (Å²) in [6.45, 7) is 7.38. The highest BCUT2D eigenvalue weighted by molar-refractivity contribution is 5.88. The Balaban J connectivity index is 1.59. The quantitative estimate of drug-likeness (QED) is 0.696. The summed E-state index contributed by atoms with van der Waals surface area (Å²) in [5, 5.41) is 0.999. The van der Waals surface area contributed by atoms with E-state index in [1.165, 1.54) is 5.56 Å². The van der Waals surface area contributed by atoms with Crippen molar-refractivity contribution in [2.24, 2.45) is 0 Å². The Bertz CT molecular complexity index is 1010. The molecule has 3 aromatic rings. The molecule has 0 aromatic carbocycles. The first-order valence-corrected chi connectivity index (χ1v) is 9.87. The van der Waals surface area contributed by atoms with Crippen molar-refractivity contribution in [3.05, 3.63) is 47.9 Å². The zero-order chi connectivity index (χ0) is 19.1. The normalized spacial score (nSPS) is 22.4. The third kappa shape index (κ3) is 2.86. The van der Waals surface area contributed by atoms with Crippen LogP contribution in [-0.2, 0) is 4.74 Å². The zero-order valence-electron chi connectivity index (χ0n) is 16.2. The molecule has 2 fully saturated rings. The van der Waals surface area contributed by atoms with Crippen LogP contribution in [0.25, 0.3) is 11.0 Å². The summed E-state index contributed by atoms with van der Waals surface area (Å²) < 4.78 is 5.59. The van der Waals surface area contributed by atoms with E-state index in [1.54, 1.807) is 6.20 Å². The Hall–Kier alpha value is -2.80. The van der Waals surface area contributed by atoms with Gasteiger partial charge in [0.15, 0.2) is 5.65 Å². The van der Waals surface area contributed by atoms with Crippen molar-refractivity contribution in [3.63, 3.8) is 0 Å². The summed E-state index contributed by atoms with van der Waals surface area (Å²) in [6.07, 6.45) is 4.75. The molecule has 2 atom stereocenters. The smallest absolute Gasteiger partial charge is 0.229 e. The number of nitrogens with zero attached hydrogens (tertiary/aromatic N) is 6. The van der Waals surface area contributed by atoms with E-state index in [4.69, 9.17) is 14.7 Å². The Morgan fingerprint density at radius 1 is 1.04 bits per heavy atom. The van der Waals surface area contributed by atoms with Crippen molar-refractivity contribution in [1.82, 2.24) is 19.9 Å². The molecule has 0 radical (unpaired) electrons. The van der Waals surface area contributed by atoms with Gasteiger partial charge >= 0.3 is 0 Å². The van der Waals surface area contributed by atoms with Gasteiger partial charge in [-0.2, -0.15) is 9.97 Å². The summed E-state index contributed by atoms with van der Waals surface area (Å²) in [5.41, 5.74) is 3.09. The van der Waals surface area contributed by atoms with E-state index in [2.05, 4.69) is 45.7 Å². The molecule has 1 unspecified atom stereocenters. The standard InChI is InChI=1S/C21H24N6O/c1-14-13-28-12-11-26(14)21-24-19-17(6-4-9-23-19)20(25-21)27-10-7-18(27)16-5-3-8-22-15(16)2/h3-6,8-9,14,18H,7,10-13H2,1-2H3/t14-,18?/m1/s1. The molecule has 0 saturated carbocycles. The van der Waals surface area contributed by atoms with Crippen molar-refractivity contribution < 1.29 is 4.74 Å². The predicted molar refractivity (Wildman–Crippen MR) is 109 cm³/mol. The number of anilines is 2. The van der Waals surface area contributed by atoms with Crippen molar-refractivity contribution in [2.45, 2.75) is 32.4 Å². The number of aryl methyl sites for hydroxylation is 1. The van der Waals surface area contributed by atoms with Crippen LogP contribution in [0.5, 0.6) is 0 Å². The number of rotatable bonds is 3. The van der Waals surface area contributed by atoms with Crippen molar-refractivity contribution >= 4 is 22.8 Å². The van der Waals surface area contributed by atoms with E-state index in [9.17, 15) is 0 Å². The van der Waals surface area contributed by atoms with Gasteiger partial charge < -0.3 is 14.5 Å². The SMILES string of the molecule is Cc1ncccc1C1CCN1c1nc(N2CCOC[C@H]2C)nc2ncccc12. The number of hydrogen-bond donors (Lipinski definition) is 0. The predicted octanol–water partition coefficient (Wildman–Crippen LogP) is 2.90. The molecule has 144 valence electrons. The van der Waals surface area contributed by atoms with E-state index in [1.807, 2.05) is 18.3 Å². The molecule has 3 aromatic heterocycles. The van der Waals surface area contributed by atoms with Crippen LogP contribution in [0.4, 0.5) is 11.8 Å². The van der Waals surface area contributed by atoms with Crippen molar-refractivity contribution in [2.75, 3.05) is 36.1 Å². The largest absolute Gasteiger partial charge is 0.377 e. The molecule has 0 aliphatic carbocycles. The molecule has 0 spiro atoms.